The SMILES string of the molecule is CCN=C1S/C(=C\c2cc3c(cc2C)N(C(C)C)C(C)(C)C=C3C)C(=O)N1CC. The van der Waals surface area contributed by atoms with Crippen LogP contribution >= 0.6 is 11.8 Å². The Balaban J connectivity index is 2.09. The number of amides is 1. The number of thioether (sulfide) groups is 1. The summed E-state index contributed by atoms with van der Waals surface area (Å²) in [6.45, 7) is 18.7. The molecule has 0 bridgehead atoms. The Bertz CT molecular complexity index is 924. The van der Waals surface area contributed by atoms with Gasteiger partial charge in [-0.05, 0) is 102 Å². The summed E-state index contributed by atoms with van der Waals surface area (Å²) in [5.41, 5.74) is 6.08. The van der Waals surface area contributed by atoms with E-state index in [0.29, 0.717) is 19.1 Å². The molecule has 0 atom stereocenters. The van der Waals surface area contributed by atoms with Gasteiger partial charge in [0, 0.05) is 30.4 Å². The summed E-state index contributed by atoms with van der Waals surface area (Å²) in [5, 5.41) is 0.811. The average Bonchev–Trinajstić information content (AvgIpc) is 2.90. The Morgan fingerprint density at radius 1 is 1.21 bits per heavy atom. The van der Waals surface area contributed by atoms with Crippen molar-refractivity contribution in [2.45, 2.75) is 67.0 Å². The maximum Gasteiger partial charge on any atom is 0.266 e. The van der Waals surface area contributed by atoms with E-state index in [0.717, 1.165) is 15.6 Å². The van der Waals surface area contributed by atoms with Crippen LogP contribution in [0.2, 0.25) is 0 Å². The molecule has 1 saturated heterocycles. The van der Waals surface area contributed by atoms with Crippen molar-refractivity contribution < 1.29 is 4.79 Å². The lowest BCUT2D eigenvalue weighted by Gasteiger charge is -2.46. The summed E-state index contributed by atoms with van der Waals surface area (Å²) in [5.74, 6) is 0.0547. The maximum absolute atomic E-state index is 12.9. The van der Waals surface area contributed by atoms with Crippen molar-refractivity contribution in [2.75, 3.05) is 18.0 Å². The third-order valence-corrected chi connectivity index (χ3v) is 6.60. The Labute approximate surface area is 179 Å². The van der Waals surface area contributed by atoms with Crippen LogP contribution in [-0.2, 0) is 4.79 Å². The van der Waals surface area contributed by atoms with Crippen LogP contribution < -0.4 is 4.90 Å². The molecule has 2 aliphatic heterocycles. The molecule has 1 amide bonds. The standard InChI is InChI=1S/C24H33N3OS/c1-9-25-23-26(10-2)22(28)21(29-23)13-18-12-19-17(6)14-24(7,8)27(15(3)4)20(19)11-16(18)5/h11-15H,9-10H2,1-8H3/b21-13-,25-23?. The first kappa shape index (κ1) is 21.7. The summed E-state index contributed by atoms with van der Waals surface area (Å²) < 4.78 is 0. The molecular formula is C24H33N3OS. The van der Waals surface area contributed by atoms with E-state index in [9.17, 15) is 4.79 Å². The van der Waals surface area contributed by atoms with Crippen molar-refractivity contribution in [3.05, 3.63) is 39.8 Å². The van der Waals surface area contributed by atoms with Crippen LogP contribution in [-0.4, -0.2) is 40.6 Å². The molecule has 0 spiro atoms. The van der Waals surface area contributed by atoms with Crippen LogP contribution in [0.4, 0.5) is 5.69 Å². The number of hydrogen-bond donors (Lipinski definition) is 0. The van der Waals surface area contributed by atoms with E-state index in [-0.39, 0.29) is 11.4 Å². The number of allylic oxidation sites excluding steroid dienone is 1. The molecule has 3 rings (SSSR count). The monoisotopic (exact) mass is 411 g/mol. The molecule has 5 heteroatoms. The van der Waals surface area contributed by atoms with Gasteiger partial charge < -0.3 is 4.90 Å². The summed E-state index contributed by atoms with van der Waals surface area (Å²) in [7, 11) is 0. The van der Waals surface area contributed by atoms with Crippen LogP contribution in [0, 0.1) is 6.92 Å². The van der Waals surface area contributed by atoms with Crippen LogP contribution in [0.5, 0.6) is 0 Å². The van der Waals surface area contributed by atoms with Gasteiger partial charge in [-0.15, -0.1) is 0 Å². The van der Waals surface area contributed by atoms with Crippen LogP contribution in [0.25, 0.3) is 11.6 Å². The van der Waals surface area contributed by atoms with Gasteiger partial charge in [0.05, 0.1) is 10.4 Å². The van der Waals surface area contributed by atoms with E-state index in [1.807, 2.05) is 19.9 Å². The molecule has 29 heavy (non-hydrogen) atoms. The number of hydrogen-bond acceptors (Lipinski definition) is 4. The minimum Gasteiger partial charge on any atom is -0.360 e. The fourth-order valence-corrected chi connectivity index (χ4v) is 5.59. The molecule has 0 N–H and O–H groups in total. The van der Waals surface area contributed by atoms with Gasteiger partial charge in [-0.3, -0.25) is 14.7 Å². The number of carbonyl (C=O) groups is 1. The summed E-state index contributed by atoms with van der Waals surface area (Å²) in [6, 6.07) is 4.92. The molecule has 0 aromatic heterocycles. The Hall–Kier alpha value is -2.01. The van der Waals surface area contributed by atoms with Gasteiger partial charge in [0.1, 0.15) is 0 Å². The van der Waals surface area contributed by atoms with Gasteiger partial charge in [0.15, 0.2) is 5.17 Å². The normalized spacial score (nSPS) is 21.4. The zero-order valence-electron chi connectivity index (χ0n) is 19.0. The molecule has 0 saturated carbocycles. The highest BCUT2D eigenvalue weighted by Crippen LogP contribution is 2.42. The Kier molecular flexibility index (Phi) is 6.00. The van der Waals surface area contributed by atoms with Gasteiger partial charge in [0.25, 0.3) is 5.91 Å². The molecule has 1 fully saturated rings. The highest BCUT2D eigenvalue weighted by molar-refractivity contribution is 8.18. The number of amidine groups is 1. The first-order chi connectivity index (χ1) is 13.6. The second kappa shape index (κ2) is 8.02. The quantitative estimate of drug-likeness (QED) is 0.595. The molecule has 0 aliphatic carbocycles. The third kappa shape index (κ3) is 3.89. The number of carbonyl (C=O) groups excluding carboxylic acids is 1. The van der Waals surface area contributed by atoms with Crippen molar-refractivity contribution >= 4 is 40.2 Å². The average molecular weight is 412 g/mol. The van der Waals surface area contributed by atoms with Crippen molar-refractivity contribution in [1.82, 2.24) is 4.90 Å². The Morgan fingerprint density at radius 3 is 2.48 bits per heavy atom. The van der Waals surface area contributed by atoms with Gasteiger partial charge in [-0.25, -0.2) is 0 Å². The van der Waals surface area contributed by atoms with Crippen molar-refractivity contribution in [1.29, 1.82) is 0 Å². The maximum atomic E-state index is 12.9. The summed E-state index contributed by atoms with van der Waals surface area (Å²) in [6.07, 6.45) is 4.39. The van der Waals surface area contributed by atoms with Crippen LogP contribution in [0.3, 0.4) is 0 Å². The molecule has 1 aromatic rings. The zero-order chi connectivity index (χ0) is 21.5. The van der Waals surface area contributed by atoms with E-state index < -0.39 is 0 Å². The molecule has 4 nitrogen and oxygen atoms in total. The number of aliphatic imine (C=N–C) groups is 1. The van der Waals surface area contributed by atoms with Crippen molar-refractivity contribution in [3.8, 4) is 0 Å². The number of aryl methyl sites for hydroxylation is 1. The number of nitrogens with zero attached hydrogens (tertiary/aromatic N) is 3. The van der Waals surface area contributed by atoms with Gasteiger partial charge in [0.2, 0.25) is 0 Å². The number of likely N-dealkylation sites (N-methyl/N-ethyl adjacent to an activating group) is 1. The molecule has 0 radical (unpaired) electrons. The van der Waals surface area contributed by atoms with Gasteiger partial charge in [-0.1, -0.05) is 6.08 Å². The lowest BCUT2D eigenvalue weighted by atomic mass is 9.86. The number of benzene rings is 1. The highest BCUT2D eigenvalue weighted by Gasteiger charge is 2.34. The van der Waals surface area contributed by atoms with E-state index >= 15 is 0 Å². The van der Waals surface area contributed by atoms with Gasteiger partial charge in [-0.2, -0.15) is 0 Å². The van der Waals surface area contributed by atoms with E-state index in [1.165, 1.54) is 34.1 Å². The number of anilines is 1. The topological polar surface area (TPSA) is 35.9 Å². The molecule has 2 heterocycles. The number of rotatable bonds is 4. The van der Waals surface area contributed by atoms with Gasteiger partial charge >= 0.3 is 0 Å². The molecule has 1 aromatic carbocycles. The fraction of sp³-hybridized carbons (Fsp3) is 0.500. The van der Waals surface area contributed by atoms with E-state index in [2.05, 4.69) is 69.6 Å². The van der Waals surface area contributed by atoms with E-state index in [1.54, 1.807) is 4.90 Å². The van der Waals surface area contributed by atoms with Crippen LogP contribution in [0.1, 0.15) is 65.2 Å². The predicted molar refractivity (Wildman–Crippen MR) is 127 cm³/mol. The van der Waals surface area contributed by atoms with Crippen LogP contribution in [0.15, 0.2) is 28.1 Å². The second-order valence-corrected chi connectivity index (χ2v) is 9.60. The minimum absolute atomic E-state index is 0.0257. The molecule has 156 valence electrons. The summed E-state index contributed by atoms with van der Waals surface area (Å²) >= 11 is 1.49. The van der Waals surface area contributed by atoms with E-state index in [4.69, 9.17) is 0 Å². The Morgan fingerprint density at radius 2 is 1.90 bits per heavy atom. The van der Waals surface area contributed by atoms with Crippen molar-refractivity contribution in [2.24, 2.45) is 4.99 Å². The fourth-order valence-electron chi connectivity index (χ4n) is 4.49. The predicted octanol–water partition coefficient (Wildman–Crippen LogP) is 5.72. The van der Waals surface area contributed by atoms with Crippen molar-refractivity contribution in [3.63, 3.8) is 0 Å². The highest BCUT2D eigenvalue weighted by atomic mass is 32.2. The largest absolute Gasteiger partial charge is 0.360 e. The lowest BCUT2D eigenvalue weighted by molar-refractivity contribution is -0.122. The number of fused-ring (bicyclic) bond motifs is 1. The zero-order valence-corrected chi connectivity index (χ0v) is 19.8. The second-order valence-electron chi connectivity index (χ2n) is 8.59. The lowest BCUT2D eigenvalue weighted by Crippen LogP contribution is -2.49. The minimum atomic E-state index is -0.0257. The molecule has 2 aliphatic rings. The molecule has 0 unspecified atom stereocenters. The first-order valence-electron chi connectivity index (χ1n) is 10.5. The molecular weight excluding hydrogens is 378 g/mol. The smallest absolute Gasteiger partial charge is 0.266 e. The first-order valence-corrected chi connectivity index (χ1v) is 11.3. The summed E-state index contributed by atoms with van der Waals surface area (Å²) in [4.78, 5) is 22.4. The third-order valence-electron chi connectivity index (χ3n) is 5.56.